The second-order valence-electron chi connectivity index (χ2n) is 4.98. The van der Waals surface area contributed by atoms with Gasteiger partial charge in [-0.25, -0.2) is 0 Å². The molecule has 112 valence electrons. The van der Waals surface area contributed by atoms with Crippen LogP contribution < -0.4 is 10.1 Å². The maximum Gasteiger partial charge on any atom is 0.223 e. The van der Waals surface area contributed by atoms with E-state index in [2.05, 4.69) is 35.1 Å². The van der Waals surface area contributed by atoms with Crippen molar-refractivity contribution in [2.75, 3.05) is 26.7 Å². The van der Waals surface area contributed by atoms with Crippen LogP contribution in [0.1, 0.15) is 20.3 Å². The first kappa shape index (κ1) is 17.0. The molecule has 20 heavy (non-hydrogen) atoms. The van der Waals surface area contributed by atoms with Crippen molar-refractivity contribution in [1.82, 2.24) is 10.2 Å². The number of carbonyl (C=O) groups excluding carboxylic acids is 1. The summed E-state index contributed by atoms with van der Waals surface area (Å²) >= 11 is 3.38. The molecule has 0 radical (unpaired) electrons. The molecular weight excluding hydrogens is 320 g/mol. The highest BCUT2D eigenvalue weighted by Gasteiger charge is 2.08. The molecule has 0 aliphatic carbocycles. The number of likely N-dealkylation sites (N-methyl/N-ethyl adjacent to an activating group) is 1. The lowest BCUT2D eigenvalue weighted by Gasteiger charge is -2.18. The highest BCUT2D eigenvalue weighted by atomic mass is 79.9. The Morgan fingerprint density at radius 1 is 1.35 bits per heavy atom. The van der Waals surface area contributed by atoms with E-state index >= 15 is 0 Å². The Morgan fingerprint density at radius 3 is 2.60 bits per heavy atom. The third kappa shape index (κ3) is 6.91. The molecule has 0 aliphatic heterocycles. The number of rotatable bonds is 8. The van der Waals surface area contributed by atoms with Crippen LogP contribution in [-0.2, 0) is 4.79 Å². The number of nitrogens with zero attached hydrogens (tertiary/aromatic N) is 1. The van der Waals surface area contributed by atoms with Crippen molar-refractivity contribution in [3.05, 3.63) is 28.7 Å². The van der Waals surface area contributed by atoms with Gasteiger partial charge in [0.05, 0.1) is 6.54 Å². The summed E-state index contributed by atoms with van der Waals surface area (Å²) in [5.74, 6) is 0.952. The van der Waals surface area contributed by atoms with Gasteiger partial charge in [0, 0.05) is 30.5 Å². The molecule has 0 saturated carbocycles. The Hall–Kier alpha value is -1.07. The van der Waals surface area contributed by atoms with Gasteiger partial charge in [-0.05, 0) is 24.3 Å². The Kier molecular flexibility index (Phi) is 7.62. The van der Waals surface area contributed by atoms with Gasteiger partial charge >= 0.3 is 0 Å². The number of halogens is 1. The molecule has 0 saturated heterocycles. The van der Waals surface area contributed by atoms with Crippen LogP contribution in [0.4, 0.5) is 0 Å². The zero-order valence-corrected chi connectivity index (χ0v) is 13.9. The molecule has 0 aliphatic rings. The first-order chi connectivity index (χ1) is 9.49. The fourth-order valence-electron chi connectivity index (χ4n) is 1.61. The van der Waals surface area contributed by atoms with E-state index in [0.29, 0.717) is 32.2 Å². The molecule has 0 atom stereocenters. The summed E-state index contributed by atoms with van der Waals surface area (Å²) in [7, 11) is 1.81. The molecule has 5 heteroatoms. The molecular formula is C15H23BrN2O2. The molecule has 0 spiro atoms. The van der Waals surface area contributed by atoms with E-state index in [1.807, 2.05) is 31.3 Å². The SMILES string of the molecule is CC(C)NCCC(=O)N(C)CCOc1ccc(Br)cc1. The number of nitrogens with one attached hydrogen (secondary N) is 1. The van der Waals surface area contributed by atoms with Gasteiger partial charge in [-0.1, -0.05) is 29.8 Å². The van der Waals surface area contributed by atoms with Crippen LogP contribution in [0.2, 0.25) is 0 Å². The second-order valence-corrected chi connectivity index (χ2v) is 5.89. The van der Waals surface area contributed by atoms with E-state index in [1.54, 1.807) is 4.90 Å². The summed E-state index contributed by atoms with van der Waals surface area (Å²) < 4.78 is 6.62. The number of carbonyl (C=O) groups is 1. The van der Waals surface area contributed by atoms with Gasteiger partial charge in [0.1, 0.15) is 12.4 Å². The normalized spacial score (nSPS) is 10.7. The smallest absolute Gasteiger partial charge is 0.223 e. The monoisotopic (exact) mass is 342 g/mol. The predicted octanol–water partition coefficient (Wildman–Crippen LogP) is 2.67. The summed E-state index contributed by atoms with van der Waals surface area (Å²) in [6.45, 7) is 5.95. The Bertz CT molecular complexity index is 407. The van der Waals surface area contributed by atoms with Gasteiger partial charge in [-0.2, -0.15) is 0 Å². The van der Waals surface area contributed by atoms with Crippen LogP contribution in [0.5, 0.6) is 5.75 Å². The summed E-state index contributed by atoms with van der Waals surface area (Å²) in [6.07, 6.45) is 0.521. The Balaban J connectivity index is 2.20. The summed E-state index contributed by atoms with van der Waals surface area (Å²) in [5, 5.41) is 3.24. The molecule has 4 nitrogen and oxygen atoms in total. The number of hydrogen-bond acceptors (Lipinski definition) is 3. The molecule has 0 bridgehead atoms. The topological polar surface area (TPSA) is 41.6 Å². The molecule has 0 unspecified atom stereocenters. The van der Waals surface area contributed by atoms with Crippen LogP contribution in [0.3, 0.4) is 0 Å². The number of amides is 1. The minimum Gasteiger partial charge on any atom is -0.492 e. The number of benzene rings is 1. The fourth-order valence-corrected chi connectivity index (χ4v) is 1.88. The maximum absolute atomic E-state index is 11.8. The summed E-state index contributed by atoms with van der Waals surface area (Å²) in [4.78, 5) is 13.5. The third-order valence-corrected chi connectivity index (χ3v) is 3.35. The van der Waals surface area contributed by atoms with E-state index in [1.165, 1.54) is 0 Å². The Labute approximate surface area is 129 Å². The van der Waals surface area contributed by atoms with Crippen LogP contribution in [0, 0.1) is 0 Å². The molecule has 1 amide bonds. The van der Waals surface area contributed by atoms with Gasteiger partial charge < -0.3 is 15.0 Å². The molecule has 0 aromatic heterocycles. The lowest BCUT2D eigenvalue weighted by atomic mass is 10.3. The largest absolute Gasteiger partial charge is 0.492 e. The van der Waals surface area contributed by atoms with E-state index in [-0.39, 0.29) is 5.91 Å². The summed E-state index contributed by atoms with van der Waals surface area (Å²) in [5.41, 5.74) is 0. The van der Waals surface area contributed by atoms with Gasteiger partial charge in [0.25, 0.3) is 0 Å². The van der Waals surface area contributed by atoms with Crippen LogP contribution >= 0.6 is 15.9 Å². The highest BCUT2D eigenvalue weighted by molar-refractivity contribution is 9.10. The maximum atomic E-state index is 11.8. The minimum absolute atomic E-state index is 0.137. The van der Waals surface area contributed by atoms with E-state index in [4.69, 9.17) is 4.74 Å². The summed E-state index contributed by atoms with van der Waals surface area (Å²) in [6, 6.07) is 8.08. The van der Waals surface area contributed by atoms with Crippen molar-refractivity contribution in [2.45, 2.75) is 26.3 Å². The van der Waals surface area contributed by atoms with Crippen molar-refractivity contribution >= 4 is 21.8 Å². The molecule has 1 N–H and O–H groups in total. The standard InChI is InChI=1S/C15H23BrN2O2/c1-12(2)17-9-8-15(19)18(3)10-11-20-14-6-4-13(16)5-7-14/h4-7,12,17H,8-11H2,1-3H3. The van der Waals surface area contributed by atoms with Crippen molar-refractivity contribution in [2.24, 2.45) is 0 Å². The van der Waals surface area contributed by atoms with Gasteiger partial charge in [-0.15, -0.1) is 0 Å². The minimum atomic E-state index is 0.137. The predicted molar refractivity (Wildman–Crippen MR) is 85.0 cm³/mol. The molecule has 0 fully saturated rings. The first-order valence-electron chi connectivity index (χ1n) is 6.84. The van der Waals surface area contributed by atoms with Crippen LogP contribution in [-0.4, -0.2) is 43.6 Å². The zero-order valence-electron chi connectivity index (χ0n) is 12.4. The molecule has 1 aromatic rings. The number of ether oxygens (including phenoxy) is 1. The van der Waals surface area contributed by atoms with Crippen molar-refractivity contribution in [3.63, 3.8) is 0 Å². The lowest BCUT2D eigenvalue weighted by Crippen LogP contribution is -2.34. The first-order valence-corrected chi connectivity index (χ1v) is 7.64. The van der Waals surface area contributed by atoms with Crippen LogP contribution in [0.25, 0.3) is 0 Å². The van der Waals surface area contributed by atoms with E-state index in [9.17, 15) is 4.79 Å². The average Bonchev–Trinajstić information content (AvgIpc) is 2.40. The highest BCUT2D eigenvalue weighted by Crippen LogP contribution is 2.15. The molecule has 1 aromatic carbocycles. The molecule has 1 rings (SSSR count). The average molecular weight is 343 g/mol. The van der Waals surface area contributed by atoms with Crippen molar-refractivity contribution in [1.29, 1.82) is 0 Å². The van der Waals surface area contributed by atoms with Crippen LogP contribution in [0.15, 0.2) is 28.7 Å². The lowest BCUT2D eigenvalue weighted by molar-refractivity contribution is -0.130. The van der Waals surface area contributed by atoms with E-state index in [0.717, 1.165) is 10.2 Å². The zero-order chi connectivity index (χ0) is 15.0. The van der Waals surface area contributed by atoms with Gasteiger partial charge in [0.2, 0.25) is 5.91 Å². The number of hydrogen-bond donors (Lipinski definition) is 1. The Morgan fingerprint density at radius 2 is 2.00 bits per heavy atom. The van der Waals surface area contributed by atoms with Gasteiger partial charge in [-0.3, -0.25) is 4.79 Å². The van der Waals surface area contributed by atoms with Gasteiger partial charge in [0.15, 0.2) is 0 Å². The fraction of sp³-hybridized carbons (Fsp3) is 0.533. The van der Waals surface area contributed by atoms with Crippen molar-refractivity contribution < 1.29 is 9.53 Å². The van der Waals surface area contributed by atoms with E-state index < -0.39 is 0 Å². The quantitative estimate of drug-likeness (QED) is 0.789. The van der Waals surface area contributed by atoms with Crippen molar-refractivity contribution in [3.8, 4) is 5.75 Å². The third-order valence-electron chi connectivity index (χ3n) is 2.83. The molecule has 0 heterocycles. The second kappa shape index (κ2) is 8.97.